The van der Waals surface area contributed by atoms with Crippen molar-refractivity contribution in [3.63, 3.8) is 0 Å². The van der Waals surface area contributed by atoms with Crippen molar-refractivity contribution >= 4 is 0 Å². The van der Waals surface area contributed by atoms with Crippen LogP contribution < -0.4 is 4.57 Å². The zero-order valence-corrected chi connectivity index (χ0v) is 7.15. The summed E-state index contributed by atoms with van der Waals surface area (Å²) in [6, 6.07) is 6.11. The Balaban J connectivity index is 2.08. The lowest BCUT2D eigenvalue weighted by molar-refractivity contribution is -0.765. The molecule has 0 saturated carbocycles. The lowest BCUT2D eigenvalue weighted by Crippen LogP contribution is -2.41. The van der Waals surface area contributed by atoms with Gasteiger partial charge in [0.2, 0.25) is 0 Å². The Morgan fingerprint density at radius 2 is 1.92 bits per heavy atom. The van der Waals surface area contributed by atoms with Crippen molar-refractivity contribution in [1.82, 2.24) is 0 Å². The summed E-state index contributed by atoms with van der Waals surface area (Å²) >= 11 is 0. The number of nitrogens with zero attached hydrogens (tertiary/aromatic N) is 1. The summed E-state index contributed by atoms with van der Waals surface area (Å²) in [5.41, 5.74) is 0. The third kappa shape index (κ3) is 1.64. The summed E-state index contributed by atoms with van der Waals surface area (Å²) in [6.45, 7) is 0.909. The summed E-state index contributed by atoms with van der Waals surface area (Å²) in [6.07, 6.45) is 8.05. The summed E-state index contributed by atoms with van der Waals surface area (Å²) in [4.78, 5) is 0. The average Bonchev–Trinajstić information content (AvgIpc) is 2.21. The van der Waals surface area contributed by atoms with Gasteiger partial charge in [0, 0.05) is 18.6 Å². The third-order valence-electron chi connectivity index (χ3n) is 2.23. The molecule has 1 atom stereocenters. The molecule has 0 bridgehead atoms. The number of hydrogen-bond donors (Lipinski definition) is 0. The van der Waals surface area contributed by atoms with E-state index in [9.17, 15) is 0 Å². The molecular formula is C10H14NO+. The van der Waals surface area contributed by atoms with Crippen molar-refractivity contribution in [1.29, 1.82) is 0 Å². The van der Waals surface area contributed by atoms with Crippen LogP contribution in [0.3, 0.4) is 0 Å². The van der Waals surface area contributed by atoms with Gasteiger partial charge in [-0.15, -0.1) is 0 Å². The van der Waals surface area contributed by atoms with Crippen molar-refractivity contribution < 1.29 is 9.30 Å². The fraction of sp³-hybridized carbons (Fsp3) is 0.500. The minimum absolute atomic E-state index is 0.278. The van der Waals surface area contributed by atoms with E-state index in [-0.39, 0.29) is 6.23 Å². The zero-order valence-electron chi connectivity index (χ0n) is 7.15. The minimum atomic E-state index is 0.278. The second-order valence-corrected chi connectivity index (χ2v) is 3.14. The fourth-order valence-corrected chi connectivity index (χ4v) is 1.56. The normalized spacial score (nSPS) is 23.8. The molecule has 0 N–H and O–H groups in total. The van der Waals surface area contributed by atoms with E-state index < -0.39 is 0 Å². The second-order valence-electron chi connectivity index (χ2n) is 3.14. The van der Waals surface area contributed by atoms with E-state index >= 15 is 0 Å². The molecule has 1 aliphatic rings. The van der Waals surface area contributed by atoms with E-state index in [1.165, 1.54) is 12.8 Å². The Morgan fingerprint density at radius 1 is 1.08 bits per heavy atom. The molecule has 1 fully saturated rings. The molecule has 0 amide bonds. The highest BCUT2D eigenvalue weighted by Crippen LogP contribution is 2.16. The molecule has 1 aliphatic heterocycles. The molecule has 2 heterocycles. The van der Waals surface area contributed by atoms with Crippen LogP contribution in [0, 0.1) is 0 Å². The summed E-state index contributed by atoms with van der Waals surface area (Å²) < 4.78 is 7.76. The van der Waals surface area contributed by atoms with Gasteiger partial charge in [-0.1, -0.05) is 6.07 Å². The highest BCUT2D eigenvalue weighted by atomic mass is 16.5. The first-order valence-electron chi connectivity index (χ1n) is 4.54. The zero-order chi connectivity index (χ0) is 8.23. The SMILES string of the molecule is c1cc[n+]([C@H]2CCCCO2)cc1. The molecule has 2 nitrogen and oxygen atoms in total. The largest absolute Gasteiger partial charge is 0.321 e. The summed E-state index contributed by atoms with van der Waals surface area (Å²) in [7, 11) is 0. The lowest BCUT2D eigenvalue weighted by atomic mass is 10.2. The van der Waals surface area contributed by atoms with Gasteiger partial charge in [0.05, 0.1) is 6.61 Å². The number of aromatic nitrogens is 1. The lowest BCUT2D eigenvalue weighted by Gasteiger charge is -2.17. The minimum Gasteiger partial charge on any atom is -0.321 e. The molecule has 1 aromatic rings. The van der Waals surface area contributed by atoms with Gasteiger partial charge >= 0.3 is 0 Å². The van der Waals surface area contributed by atoms with Crippen LogP contribution in [-0.4, -0.2) is 6.61 Å². The van der Waals surface area contributed by atoms with Crippen LogP contribution in [0.2, 0.25) is 0 Å². The van der Waals surface area contributed by atoms with Gasteiger partial charge in [-0.05, 0) is 12.8 Å². The average molecular weight is 164 g/mol. The Hall–Kier alpha value is -0.890. The number of ether oxygens (including phenoxy) is 1. The summed E-state index contributed by atoms with van der Waals surface area (Å²) in [5, 5.41) is 0. The quantitative estimate of drug-likeness (QED) is 0.575. The van der Waals surface area contributed by atoms with Gasteiger partial charge in [-0.25, -0.2) is 0 Å². The number of rotatable bonds is 1. The number of pyridine rings is 1. The molecule has 0 aliphatic carbocycles. The topological polar surface area (TPSA) is 13.1 Å². The van der Waals surface area contributed by atoms with Gasteiger partial charge < -0.3 is 4.74 Å². The maximum absolute atomic E-state index is 5.63. The van der Waals surface area contributed by atoms with E-state index in [2.05, 4.69) is 17.0 Å². The van der Waals surface area contributed by atoms with Crippen LogP contribution in [0.15, 0.2) is 30.6 Å². The van der Waals surface area contributed by atoms with Crippen LogP contribution in [0.5, 0.6) is 0 Å². The van der Waals surface area contributed by atoms with Crippen molar-refractivity contribution in [2.75, 3.05) is 6.61 Å². The Bertz CT molecular complexity index is 229. The predicted molar refractivity (Wildman–Crippen MR) is 45.5 cm³/mol. The van der Waals surface area contributed by atoms with E-state index in [1.54, 1.807) is 0 Å². The van der Waals surface area contributed by atoms with Crippen LogP contribution in [0.25, 0.3) is 0 Å². The van der Waals surface area contributed by atoms with Crippen molar-refractivity contribution in [2.45, 2.75) is 25.5 Å². The van der Waals surface area contributed by atoms with Gasteiger partial charge in [-0.2, -0.15) is 4.57 Å². The molecule has 64 valence electrons. The first-order valence-corrected chi connectivity index (χ1v) is 4.54. The Labute approximate surface area is 72.8 Å². The van der Waals surface area contributed by atoms with E-state index in [1.807, 2.05) is 18.2 Å². The van der Waals surface area contributed by atoms with E-state index in [0.29, 0.717) is 0 Å². The van der Waals surface area contributed by atoms with Crippen LogP contribution in [0.1, 0.15) is 25.5 Å². The first-order chi connectivity index (χ1) is 5.97. The summed E-state index contributed by atoms with van der Waals surface area (Å²) in [5.74, 6) is 0. The Morgan fingerprint density at radius 3 is 2.58 bits per heavy atom. The maximum atomic E-state index is 5.63. The van der Waals surface area contributed by atoms with Crippen LogP contribution in [0.4, 0.5) is 0 Å². The van der Waals surface area contributed by atoms with E-state index in [0.717, 1.165) is 13.0 Å². The first kappa shape index (κ1) is 7.74. The second kappa shape index (κ2) is 3.68. The van der Waals surface area contributed by atoms with Gasteiger partial charge in [-0.3, -0.25) is 0 Å². The van der Waals surface area contributed by atoms with Crippen molar-refractivity contribution in [3.05, 3.63) is 30.6 Å². The molecule has 12 heavy (non-hydrogen) atoms. The van der Waals surface area contributed by atoms with Crippen molar-refractivity contribution in [2.24, 2.45) is 0 Å². The molecule has 0 spiro atoms. The Kier molecular flexibility index (Phi) is 2.37. The highest BCUT2D eigenvalue weighted by molar-refractivity contribution is 4.83. The smallest absolute Gasteiger partial charge is 0.262 e. The van der Waals surface area contributed by atoms with Crippen LogP contribution in [-0.2, 0) is 4.74 Å². The molecule has 1 aromatic heterocycles. The monoisotopic (exact) mass is 164 g/mol. The highest BCUT2D eigenvalue weighted by Gasteiger charge is 2.20. The van der Waals surface area contributed by atoms with Crippen molar-refractivity contribution in [3.8, 4) is 0 Å². The van der Waals surface area contributed by atoms with Crippen LogP contribution >= 0.6 is 0 Å². The maximum Gasteiger partial charge on any atom is 0.262 e. The van der Waals surface area contributed by atoms with E-state index in [4.69, 9.17) is 4.74 Å². The predicted octanol–water partition coefficient (Wildman–Crippen LogP) is 1.67. The van der Waals surface area contributed by atoms with Gasteiger partial charge in [0.15, 0.2) is 12.4 Å². The molecule has 0 radical (unpaired) electrons. The molecule has 2 rings (SSSR count). The molecule has 2 heteroatoms. The molecule has 1 saturated heterocycles. The standard InChI is InChI=1S/C10H14NO/c1-3-7-11(8-4-1)10-6-2-5-9-12-10/h1,3-4,7-8,10H,2,5-6,9H2/q+1/t10-/m1/s1. The van der Waals surface area contributed by atoms with Gasteiger partial charge in [0.1, 0.15) is 0 Å². The third-order valence-corrected chi connectivity index (χ3v) is 2.23. The molecular weight excluding hydrogens is 150 g/mol. The number of hydrogen-bond acceptors (Lipinski definition) is 1. The molecule has 0 aromatic carbocycles. The molecule has 0 unspecified atom stereocenters. The fourth-order valence-electron chi connectivity index (χ4n) is 1.56. The van der Waals surface area contributed by atoms with Gasteiger partial charge in [0.25, 0.3) is 6.23 Å².